The molecule has 10 nitrogen and oxygen atoms in total. The molecule has 0 bridgehead atoms. The lowest BCUT2D eigenvalue weighted by Crippen LogP contribution is -2.45. The lowest BCUT2D eigenvalue weighted by Gasteiger charge is -2.33. The summed E-state index contributed by atoms with van der Waals surface area (Å²) in [7, 11) is 1.99. The zero-order valence-electron chi connectivity index (χ0n) is 17.5. The van der Waals surface area contributed by atoms with Crippen LogP contribution in [0.2, 0.25) is 5.28 Å². The number of aromatic nitrogens is 2. The molecule has 1 aromatic rings. The van der Waals surface area contributed by atoms with Crippen molar-refractivity contribution in [1.29, 1.82) is 0 Å². The molecule has 2 fully saturated rings. The molecule has 1 aliphatic heterocycles. The minimum Gasteiger partial charge on any atom is -0.465 e. The Morgan fingerprint density at radius 3 is 2.55 bits per heavy atom. The molecule has 2 aliphatic rings. The molecule has 31 heavy (non-hydrogen) atoms. The Hall–Kier alpha value is -2.40. The highest BCUT2D eigenvalue weighted by molar-refractivity contribution is 6.28. The third-order valence-electron chi connectivity index (χ3n) is 5.88. The van der Waals surface area contributed by atoms with Crippen LogP contribution < -0.4 is 21.1 Å². The van der Waals surface area contributed by atoms with E-state index in [4.69, 9.17) is 16.7 Å². The van der Waals surface area contributed by atoms with E-state index in [1.807, 2.05) is 7.05 Å². The molecule has 1 aliphatic carbocycles. The monoisotopic (exact) mass is 457 g/mol. The fourth-order valence-corrected chi connectivity index (χ4v) is 4.25. The maximum Gasteiger partial charge on any atom is 0.404 e. The molecular formula is C19H29ClFN7O3. The van der Waals surface area contributed by atoms with Gasteiger partial charge in [0.15, 0.2) is 11.6 Å². The summed E-state index contributed by atoms with van der Waals surface area (Å²) in [5.41, 5.74) is 4.98. The van der Waals surface area contributed by atoms with Gasteiger partial charge in [-0.2, -0.15) is 14.4 Å². The number of anilines is 2. The van der Waals surface area contributed by atoms with E-state index in [1.54, 1.807) is 4.90 Å². The summed E-state index contributed by atoms with van der Waals surface area (Å²) >= 11 is 5.99. The number of piperazine rings is 1. The lowest BCUT2D eigenvalue weighted by molar-refractivity contribution is -0.124. The van der Waals surface area contributed by atoms with Crippen LogP contribution in [0.4, 0.5) is 20.8 Å². The summed E-state index contributed by atoms with van der Waals surface area (Å²) in [6, 6.07) is 0. The maximum absolute atomic E-state index is 15.0. The van der Waals surface area contributed by atoms with E-state index in [0.717, 1.165) is 38.8 Å². The molecule has 12 heteroatoms. The molecule has 0 radical (unpaired) electrons. The second-order valence-corrected chi connectivity index (χ2v) is 8.49. The van der Waals surface area contributed by atoms with E-state index >= 15 is 4.39 Å². The van der Waals surface area contributed by atoms with Gasteiger partial charge in [-0.15, -0.1) is 0 Å². The third-order valence-corrected chi connectivity index (χ3v) is 6.05. The normalized spacial score (nSPS) is 18.6. The maximum atomic E-state index is 15.0. The second-order valence-electron chi connectivity index (χ2n) is 8.15. The minimum absolute atomic E-state index is 0.0150. The van der Waals surface area contributed by atoms with Crippen molar-refractivity contribution in [2.45, 2.75) is 32.1 Å². The summed E-state index contributed by atoms with van der Waals surface area (Å²) < 4.78 is 15.0. The van der Waals surface area contributed by atoms with Crippen LogP contribution in [0, 0.1) is 17.7 Å². The number of halogens is 2. The van der Waals surface area contributed by atoms with Gasteiger partial charge in [0, 0.05) is 32.7 Å². The van der Waals surface area contributed by atoms with Crippen LogP contribution in [0.3, 0.4) is 0 Å². The average Bonchev–Trinajstić information content (AvgIpc) is 3.25. The van der Waals surface area contributed by atoms with Gasteiger partial charge in [0.1, 0.15) is 0 Å². The Kier molecular flexibility index (Phi) is 8.08. The van der Waals surface area contributed by atoms with Gasteiger partial charge in [0.05, 0.1) is 5.92 Å². The van der Waals surface area contributed by atoms with Gasteiger partial charge < -0.3 is 20.2 Å². The Morgan fingerprint density at radius 1 is 1.23 bits per heavy atom. The third kappa shape index (κ3) is 6.54. The molecular weight excluding hydrogens is 429 g/mol. The van der Waals surface area contributed by atoms with Crippen LogP contribution in [0.25, 0.3) is 0 Å². The van der Waals surface area contributed by atoms with Crippen molar-refractivity contribution in [3.63, 3.8) is 0 Å². The average molecular weight is 458 g/mol. The van der Waals surface area contributed by atoms with Crippen molar-refractivity contribution in [2.24, 2.45) is 11.8 Å². The molecule has 4 N–H and O–H groups in total. The fourth-order valence-electron chi connectivity index (χ4n) is 4.08. The number of carboxylic acid groups (broad SMARTS) is 1. The first-order chi connectivity index (χ1) is 14.8. The molecule has 0 aromatic carbocycles. The number of nitrogens with zero attached hydrogens (tertiary/aromatic N) is 4. The first-order valence-electron chi connectivity index (χ1n) is 10.5. The number of amides is 2. The molecule has 1 saturated heterocycles. The first-order valence-corrected chi connectivity index (χ1v) is 10.9. The van der Waals surface area contributed by atoms with E-state index in [9.17, 15) is 9.59 Å². The number of carbonyl (C=O) groups is 2. The van der Waals surface area contributed by atoms with Gasteiger partial charge >= 0.3 is 6.09 Å². The van der Waals surface area contributed by atoms with Crippen LogP contribution in [0.1, 0.15) is 32.1 Å². The number of hydrogen-bond acceptors (Lipinski definition) is 7. The topological polar surface area (TPSA) is 123 Å². The molecule has 172 valence electrons. The number of carbonyl (C=O) groups excluding carboxylic acids is 1. The van der Waals surface area contributed by atoms with Crippen molar-refractivity contribution >= 4 is 35.2 Å². The van der Waals surface area contributed by atoms with Crippen LogP contribution in [-0.4, -0.2) is 71.7 Å². The summed E-state index contributed by atoms with van der Waals surface area (Å²) in [5, 5.41) is 11.0. The molecule has 0 unspecified atom stereocenters. The van der Waals surface area contributed by atoms with Gasteiger partial charge in [-0.3, -0.25) is 15.6 Å². The van der Waals surface area contributed by atoms with Crippen molar-refractivity contribution < 1.29 is 19.1 Å². The summed E-state index contributed by atoms with van der Waals surface area (Å²) in [6.45, 7) is 2.70. The number of hydrogen-bond donors (Lipinski definition) is 4. The van der Waals surface area contributed by atoms with E-state index < -0.39 is 23.7 Å². The standard InChI is InChI=1S/C19H29ClFN7O3/c1-27-6-8-28(9-7-27)16-14(21)15(23-18(20)24-16)25-26-17(29)13(11-22-19(30)31)10-12-4-2-3-5-12/h12-13,22H,2-11H2,1H3,(H,26,29)(H,30,31)(H,23,24,25)/t13-/m1/s1. The smallest absolute Gasteiger partial charge is 0.404 e. The Labute approximate surface area is 185 Å². The summed E-state index contributed by atoms with van der Waals surface area (Å²) in [5.74, 6) is -1.49. The highest BCUT2D eigenvalue weighted by Crippen LogP contribution is 2.30. The Morgan fingerprint density at radius 2 is 1.90 bits per heavy atom. The number of nitrogens with one attached hydrogen (secondary N) is 3. The highest BCUT2D eigenvalue weighted by atomic mass is 35.5. The molecule has 1 saturated carbocycles. The van der Waals surface area contributed by atoms with Gasteiger partial charge in [0.25, 0.3) is 0 Å². The lowest BCUT2D eigenvalue weighted by atomic mass is 9.92. The second kappa shape index (κ2) is 10.8. The fraction of sp³-hybridized carbons (Fsp3) is 0.684. The zero-order chi connectivity index (χ0) is 22.4. The SMILES string of the molecule is CN1CCN(c2nc(Cl)nc(NNC(=O)[C@@H](CNC(=O)O)CC3CCCC3)c2F)CC1. The Balaban J connectivity index is 1.66. The number of likely N-dealkylation sites (N-methyl/N-ethyl adjacent to an activating group) is 1. The molecule has 3 rings (SSSR count). The Bertz CT molecular complexity index is 786. The van der Waals surface area contributed by atoms with Crippen molar-refractivity contribution in [3.05, 3.63) is 11.1 Å². The van der Waals surface area contributed by atoms with Crippen LogP contribution in [-0.2, 0) is 4.79 Å². The molecule has 0 spiro atoms. The predicted octanol–water partition coefficient (Wildman–Crippen LogP) is 1.93. The molecule has 1 atom stereocenters. The summed E-state index contributed by atoms with van der Waals surface area (Å²) in [6.07, 6.45) is 3.64. The number of rotatable bonds is 8. The predicted molar refractivity (Wildman–Crippen MR) is 115 cm³/mol. The first kappa shape index (κ1) is 23.3. The minimum atomic E-state index is -1.19. The van der Waals surface area contributed by atoms with Gasteiger partial charge in [0.2, 0.25) is 17.0 Å². The van der Waals surface area contributed by atoms with Gasteiger partial charge in [-0.25, -0.2) is 4.79 Å². The van der Waals surface area contributed by atoms with E-state index in [0.29, 0.717) is 25.4 Å². The van der Waals surface area contributed by atoms with Crippen molar-refractivity contribution in [1.82, 2.24) is 25.6 Å². The van der Waals surface area contributed by atoms with Gasteiger partial charge in [-0.1, -0.05) is 25.7 Å². The summed E-state index contributed by atoms with van der Waals surface area (Å²) in [4.78, 5) is 35.4. The zero-order valence-corrected chi connectivity index (χ0v) is 18.3. The van der Waals surface area contributed by atoms with Crippen LogP contribution in [0.5, 0.6) is 0 Å². The van der Waals surface area contributed by atoms with Crippen molar-refractivity contribution in [3.8, 4) is 0 Å². The molecule has 2 heterocycles. The molecule has 1 aromatic heterocycles. The highest BCUT2D eigenvalue weighted by Gasteiger charge is 2.27. The quantitative estimate of drug-likeness (QED) is 0.345. The van der Waals surface area contributed by atoms with E-state index in [-0.39, 0.29) is 23.5 Å². The van der Waals surface area contributed by atoms with Crippen molar-refractivity contribution in [2.75, 3.05) is 50.1 Å². The van der Waals surface area contributed by atoms with Crippen LogP contribution >= 0.6 is 11.6 Å². The van der Waals surface area contributed by atoms with Crippen LogP contribution in [0.15, 0.2) is 0 Å². The molecule has 2 amide bonds. The van der Waals surface area contributed by atoms with E-state index in [2.05, 4.69) is 31.0 Å². The number of hydrazine groups is 1. The largest absolute Gasteiger partial charge is 0.465 e. The van der Waals surface area contributed by atoms with E-state index in [1.165, 1.54) is 0 Å². The van der Waals surface area contributed by atoms with Gasteiger partial charge in [-0.05, 0) is 31.0 Å².